The molecule has 0 unspecified atom stereocenters. The van der Waals surface area contributed by atoms with Gasteiger partial charge in [-0.05, 0) is 30.3 Å². The number of benzene rings is 1. The van der Waals surface area contributed by atoms with Crippen LogP contribution in [0.1, 0.15) is 10.6 Å². The second kappa shape index (κ2) is 10.5. The molecule has 1 saturated heterocycles. The summed E-state index contributed by atoms with van der Waals surface area (Å²) in [4.78, 5) is 32.1. The molecule has 0 aliphatic carbocycles. The van der Waals surface area contributed by atoms with Crippen LogP contribution in [0.5, 0.6) is 0 Å². The van der Waals surface area contributed by atoms with Gasteiger partial charge in [0.2, 0.25) is 15.8 Å². The molecule has 3 rings (SSSR count). The van der Waals surface area contributed by atoms with Gasteiger partial charge in [0.1, 0.15) is 5.82 Å². The van der Waals surface area contributed by atoms with Crippen molar-refractivity contribution in [3.63, 3.8) is 0 Å². The molecule has 168 valence electrons. The number of piperazine rings is 1. The molecule has 13 heteroatoms. The highest BCUT2D eigenvalue weighted by atomic mass is 35.5. The number of carbonyl (C=O) groups excluding carboxylic acids is 1. The molecule has 2 aromatic rings. The zero-order valence-electron chi connectivity index (χ0n) is 15.9. The van der Waals surface area contributed by atoms with Crippen LogP contribution in [0.3, 0.4) is 0 Å². The van der Waals surface area contributed by atoms with Gasteiger partial charge >= 0.3 is 11.9 Å². The fourth-order valence-corrected chi connectivity index (χ4v) is 4.33. The second-order valence-corrected chi connectivity index (χ2v) is 8.61. The molecule has 2 N–H and O–H groups in total. The molecule has 0 atom stereocenters. The molecule has 2 heterocycles. The lowest BCUT2D eigenvalue weighted by molar-refractivity contribution is -0.159. The highest BCUT2D eigenvalue weighted by molar-refractivity contribution is 7.89. The summed E-state index contributed by atoms with van der Waals surface area (Å²) in [5.41, 5.74) is 0. The number of nitrogens with zero attached hydrogens (tertiary/aromatic N) is 2. The first kappa shape index (κ1) is 24.5. The molecule has 0 amide bonds. The minimum absolute atomic E-state index is 0.0426. The molecule has 0 saturated carbocycles. The minimum Gasteiger partial charge on any atom is -0.473 e. The third-order valence-corrected chi connectivity index (χ3v) is 6.39. The number of hydrogen-bond acceptors (Lipinski definition) is 7. The maximum absolute atomic E-state index is 13.2. The Morgan fingerprint density at radius 3 is 2.16 bits per heavy atom. The van der Waals surface area contributed by atoms with E-state index in [0.717, 1.165) is 12.1 Å². The van der Waals surface area contributed by atoms with Gasteiger partial charge in [0, 0.05) is 26.2 Å². The van der Waals surface area contributed by atoms with E-state index in [9.17, 15) is 17.6 Å². The van der Waals surface area contributed by atoms with Gasteiger partial charge in [-0.25, -0.2) is 22.4 Å². The van der Waals surface area contributed by atoms with E-state index in [1.54, 1.807) is 12.1 Å². The quantitative estimate of drug-likeness (QED) is 0.483. The first-order chi connectivity index (χ1) is 14.5. The lowest BCUT2D eigenvalue weighted by atomic mass is 10.2. The molecule has 1 aromatic carbocycles. The fraction of sp³-hybridized carbons (Fsp3) is 0.278. The molecule has 0 bridgehead atoms. The molecule has 0 spiro atoms. The Kier molecular flexibility index (Phi) is 8.28. The Morgan fingerprint density at radius 2 is 1.68 bits per heavy atom. The van der Waals surface area contributed by atoms with Crippen LogP contribution in [-0.4, -0.2) is 78.3 Å². The van der Waals surface area contributed by atoms with Gasteiger partial charge in [0.15, 0.2) is 5.76 Å². The summed E-state index contributed by atoms with van der Waals surface area (Å²) in [6.45, 7) is 1.48. The molecular formula is C18H18ClFN2O8S. The van der Waals surface area contributed by atoms with Crippen LogP contribution < -0.4 is 0 Å². The number of rotatable bonds is 5. The largest absolute Gasteiger partial charge is 0.473 e. The third kappa shape index (κ3) is 6.59. The number of aliphatic carboxylic acids is 2. The van der Waals surface area contributed by atoms with Crippen LogP contribution in [0.2, 0.25) is 5.02 Å². The van der Waals surface area contributed by atoms with Crippen molar-refractivity contribution in [2.45, 2.75) is 4.90 Å². The molecule has 1 aliphatic rings. The highest BCUT2D eigenvalue weighted by Gasteiger charge is 2.29. The first-order valence-corrected chi connectivity index (χ1v) is 10.5. The summed E-state index contributed by atoms with van der Waals surface area (Å²) in [6, 6.07) is 6.59. The number of sulfonamides is 1. The summed E-state index contributed by atoms with van der Waals surface area (Å²) in [7, 11) is -3.74. The Morgan fingerprint density at radius 1 is 1.06 bits per heavy atom. The Labute approximate surface area is 181 Å². The van der Waals surface area contributed by atoms with Crippen molar-refractivity contribution in [2.24, 2.45) is 0 Å². The molecule has 0 radical (unpaired) electrons. The number of carbonyl (C=O) groups is 3. The molecule has 1 aliphatic heterocycles. The predicted octanol–water partition coefficient (Wildman–Crippen LogP) is 1.42. The maximum atomic E-state index is 13.2. The summed E-state index contributed by atoms with van der Waals surface area (Å²) in [5, 5.41) is 14.5. The smallest absolute Gasteiger partial charge is 0.414 e. The number of carboxylic acids is 2. The summed E-state index contributed by atoms with van der Waals surface area (Å²) in [6.07, 6.45) is 1.44. The Bertz CT molecular complexity index is 1040. The van der Waals surface area contributed by atoms with Crippen molar-refractivity contribution < 1.29 is 41.8 Å². The summed E-state index contributed by atoms with van der Waals surface area (Å²) >= 11 is 5.68. The number of furan rings is 1. The van der Waals surface area contributed by atoms with Crippen molar-refractivity contribution >= 4 is 39.3 Å². The van der Waals surface area contributed by atoms with Crippen LogP contribution in [0, 0.1) is 5.82 Å². The molecule has 1 aromatic heterocycles. The van der Waals surface area contributed by atoms with Gasteiger partial charge in [-0.2, -0.15) is 4.31 Å². The van der Waals surface area contributed by atoms with Gasteiger partial charge < -0.3 is 14.6 Å². The van der Waals surface area contributed by atoms with Gasteiger partial charge in [-0.15, -0.1) is 0 Å². The van der Waals surface area contributed by atoms with E-state index in [1.165, 1.54) is 16.6 Å². The second-order valence-electron chi connectivity index (χ2n) is 6.27. The number of halogens is 2. The highest BCUT2D eigenvalue weighted by Crippen LogP contribution is 2.23. The SMILES string of the molecule is O=C(CN1CCN(S(=O)(=O)c2ccc(F)c(Cl)c2)CC1)c1ccco1.O=C(O)C(=O)O. The number of carboxylic acid groups (broad SMARTS) is 2. The number of ketones is 1. The molecule has 10 nitrogen and oxygen atoms in total. The van der Waals surface area contributed by atoms with Gasteiger partial charge in [-0.3, -0.25) is 9.69 Å². The van der Waals surface area contributed by atoms with Gasteiger partial charge in [0.25, 0.3) is 0 Å². The lowest BCUT2D eigenvalue weighted by Gasteiger charge is -2.33. The third-order valence-electron chi connectivity index (χ3n) is 4.21. The summed E-state index contributed by atoms with van der Waals surface area (Å²) in [5.74, 6) is -4.17. The van der Waals surface area contributed by atoms with Crippen LogP contribution >= 0.6 is 11.6 Å². The maximum Gasteiger partial charge on any atom is 0.414 e. The van der Waals surface area contributed by atoms with E-state index < -0.39 is 27.8 Å². The van der Waals surface area contributed by atoms with E-state index >= 15 is 0 Å². The van der Waals surface area contributed by atoms with E-state index in [-0.39, 0.29) is 41.1 Å². The van der Waals surface area contributed by atoms with Crippen molar-refractivity contribution in [1.29, 1.82) is 0 Å². The average molecular weight is 477 g/mol. The topological polar surface area (TPSA) is 145 Å². The zero-order valence-corrected chi connectivity index (χ0v) is 17.5. The zero-order chi connectivity index (χ0) is 23.2. The Hall–Kier alpha value is -2.80. The van der Waals surface area contributed by atoms with E-state index in [4.69, 9.17) is 35.8 Å². The summed E-state index contributed by atoms with van der Waals surface area (Å²) < 4.78 is 44.8. The van der Waals surface area contributed by atoms with E-state index in [0.29, 0.717) is 13.1 Å². The van der Waals surface area contributed by atoms with Crippen molar-refractivity contribution in [2.75, 3.05) is 32.7 Å². The monoisotopic (exact) mass is 476 g/mol. The molecule has 1 fully saturated rings. The number of Topliss-reactive ketones (excluding diaryl/α,β-unsaturated/α-hetero) is 1. The fourth-order valence-electron chi connectivity index (χ4n) is 2.63. The van der Waals surface area contributed by atoms with Crippen LogP contribution in [0.15, 0.2) is 45.9 Å². The average Bonchev–Trinajstić information content (AvgIpc) is 3.26. The first-order valence-electron chi connectivity index (χ1n) is 8.73. The molecule has 31 heavy (non-hydrogen) atoms. The van der Waals surface area contributed by atoms with Crippen molar-refractivity contribution in [3.8, 4) is 0 Å². The minimum atomic E-state index is -3.74. The van der Waals surface area contributed by atoms with E-state index in [1.807, 2.05) is 4.90 Å². The van der Waals surface area contributed by atoms with Crippen molar-refractivity contribution in [1.82, 2.24) is 9.21 Å². The van der Waals surface area contributed by atoms with Crippen LogP contribution in [0.4, 0.5) is 4.39 Å². The predicted molar refractivity (Wildman–Crippen MR) is 105 cm³/mol. The van der Waals surface area contributed by atoms with Crippen molar-refractivity contribution in [3.05, 3.63) is 53.2 Å². The molecular weight excluding hydrogens is 459 g/mol. The van der Waals surface area contributed by atoms with Crippen LogP contribution in [-0.2, 0) is 19.6 Å². The Balaban J connectivity index is 0.000000501. The van der Waals surface area contributed by atoms with E-state index in [2.05, 4.69) is 0 Å². The van der Waals surface area contributed by atoms with Crippen LogP contribution in [0.25, 0.3) is 0 Å². The lowest BCUT2D eigenvalue weighted by Crippen LogP contribution is -2.49. The standard InChI is InChI=1S/C16H16ClFN2O4S.C2H2O4/c17-13-10-12(3-4-14(13)18)25(22,23)20-7-5-19(6-8-20)11-15(21)16-2-1-9-24-16;3-1(4)2(5)6/h1-4,9-10H,5-8,11H2;(H,3,4)(H,5,6). The number of hydrogen-bond donors (Lipinski definition) is 2. The van der Waals surface area contributed by atoms with Gasteiger partial charge in [-0.1, -0.05) is 11.6 Å². The van der Waals surface area contributed by atoms with Gasteiger partial charge in [0.05, 0.1) is 22.7 Å². The normalized spacial score (nSPS) is 15.0.